The number of nitrogens with one attached hydrogen (secondary N) is 1. The predicted octanol–water partition coefficient (Wildman–Crippen LogP) is 0.849. The van der Waals surface area contributed by atoms with Crippen molar-refractivity contribution < 1.29 is 9.84 Å². The van der Waals surface area contributed by atoms with E-state index < -0.39 is 0 Å². The van der Waals surface area contributed by atoms with Crippen molar-refractivity contribution in [3.8, 4) is 11.5 Å². The van der Waals surface area contributed by atoms with Gasteiger partial charge in [0.25, 0.3) is 0 Å². The van der Waals surface area contributed by atoms with Gasteiger partial charge in [0.05, 0.1) is 7.11 Å². The van der Waals surface area contributed by atoms with Gasteiger partial charge >= 0.3 is 0 Å². The first-order valence-corrected chi connectivity index (χ1v) is 6.09. The molecule has 0 bridgehead atoms. The number of benzene rings is 1. The van der Waals surface area contributed by atoms with E-state index >= 15 is 0 Å². The number of hydrogen-bond acceptors (Lipinski definition) is 4. The van der Waals surface area contributed by atoms with Crippen molar-refractivity contribution in [2.24, 2.45) is 0 Å². The van der Waals surface area contributed by atoms with E-state index in [0.717, 1.165) is 44.7 Å². The van der Waals surface area contributed by atoms with Crippen molar-refractivity contribution >= 4 is 0 Å². The molecule has 0 spiro atoms. The highest BCUT2D eigenvalue weighted by atomic mass is 16.5. The molecular weight excluding hydrogens is 216 g/mol. The summed E-state index contributed by atoms with van der Waals surface area (Å²) in [7, 11) is 1.58. The van der Waals surface area contributed by atoms with E-state index in [-0.39, 0.29) is 5.75 Å². The summed E-state index contributed by atoms with van der Waals surface area (Å²) in [5, 5.41) is 13.3. The van der Waals surface area contributed by atoms with Crippen molar-refractivity contribution in [1.29, 1.82) is 0 Å². The first-order chi connectivity index (χ1) is 8.31. The molecule has 17 heavy (non-hydrogen) atoms. The van der Waals surface area contributed by atoms with Crippen molar-refractivity contribution in [2.45, 2.75) is 6.42 Å². The van der Waals surface area contributed by atoms with Gasteiger partial charge in [-0.1, -0.05) is 12.1 Å². The predicted molar refractivity (Wildman–Crippen MR) is 67.7 cm³/mol. The van der Waals surface area contributed by atoms with Crippen LogP contribution in [-0.2, 0) is 6.42 Å². The molecule has 94 valence electrons. The van der Waals surface area contributed by atoms with Crippen LogP contribution in [0.5, 0.6) is 11.5 Å². The lowest BCUT2D eigenvalue weighted by molar-refractivity contribution is 0.243. The molecule has 1 fully saturated rings. The van der Waals surface area contributed by atoms with E-state index in [1.54, 1.807) is 13.2 Å². The van der Waals surface area contributed by atoms with E-state index in [2.05, 4.69) is 10.2 Å². The summed E-state index contributed by atoms with van der Waals surface area (Å²) in [6.45, 7) is 5.28. The Balaban J connectivity index is 1.93. The number of aromatic hydroxyl groups is 1. The molecular formula is C13H20N2O2. The number of piperazine rings is 1. The van der Waals surface area contributed by atoms with Gasteiger partial charge < -0.3 is 20.1 Å². The maximum Gasteiger partial charge on any atom is 0.160 e. The Morgan fingerprint density at radius 1 is 1.35 bits per heavy atom. The zero-order chi connectivity index (χ0) is 12.1. The Bertz CT molecular complexity index is 362. The molecule has 1 aromatic rings. The van der Waals surface area contributed by atoms with Crippen LogP contribution in [0.3, 0.4) is 0 Å². The quantitative estimate of drug-likeness (QED) is 0.813. The molecule has 0 aliphatic carbocycles. The molecule has 1 aliphatic heterocycles. The summed E-state index contributed by atoms with van der Waals surface area (Å²) in [5.74, 6) is 0.841. The maximum absolute atomic E-state index is 9.96. The summed E-state index contributed by atoms with van der Waals surface area (Å²) in [5.41, 5.74) is 0.961. The molecule has 4 nitrogen and oxygen atoms in total. The summed E-state index contributed by atoms with van der Waals surface area (Å²) in [4.78, 5) is 2.41. The number of hydrogen-bond donors (Lipinski definition) is 2. The Morgan fingerprint density at radius 2 is 2.12 bits per heavy atom. The molecule has 0 unspecified atom stereocenters. The van der Waals surface area contributed by atoms with Gasteiger partial charge in [-0.05, 0) is 18.1 Å². The molecule has 2 rings (SSSR count). The Labute approximate surface area is 102 Å². The van der Waals surface area contributed by atoms with Crippen LogP contribution in [0.4, 0.5) is 0 Å². The second kappa shape index (κ2) is 5.89. The van der Waals surface area contributed by atoms with Crippen LogP contribution in [0.2, 0.25) is 0 Å². The van der Waals surface area contributed by atoms with Gasteiger partial charge in [-0.3, -0.25) is 0 Å². The highest BCUT2D eigenvalue weighted by molar-refractivity contribution is 5.45. The molecule has 1 saturated heterocycles. The van der Waals surface area contributed by atoms with Gasteiger partial charge in [0, 0.05) is 32.7 Å². The van der Waals surface area contributed by atoms with Crippen LogP contribution in [0.15, 0.2) is 18.2 Å². The molecule has 1 aliphatic rings. The number of methoxy groups -OCH3 is 1. The fraction of sp³-hybridized carbons (Fsp3) is 0.538. The molecule has 0 amide bonds. The van der Waals surface area contributed by atoms with Crippen molar-refractivity contribution in [2.75, 3.05) is 39.8 Å². The van der Waals surface area contributed by atoms with Crippen LogP contribution in [-0.4, -0.2) is 49.8 Å². The average molecular weight is 236 g/mol. The molecule has 0 atom stereocenters. The van der Waals surface area contributed by atoms with Gasteiger partial charge in [-0.15, -0.1) is 0 Å². The number of ether oxygens (including phenoxy) is 1. The van der Waals surface area contributed by atoms with Crippen molar-refractivity contribution in [3.05, 3.63) is 23.8 Å². The van der Waals surface area contributed by atoms with E-state index in [0.29, 0.717) is 5.75 Å². The third-order valence-corrected chi connectivity index (χ3v) is 3.21. The second-order valence-corrected chi connectivity index (χ2v) is 4.31. The highest BCUT2D eigenvalue weighted by Crippen LogP contribution is 2.29. The van der Waals surface area contributed by atoms with Crippen molar-refractivity contribution in [1.82, 2.24) is 10.2 Å². The fourth-order valence-corrected chi connectivity index (χ4v) is 2.15. The zero-order valence-corrected chi connectivity index (χ0v) is 10.3. The molecule has 2 N–H and O–H groups in total. The standard InChI is InChI=1S/C13H20N2O2/c1-17-12-4-2-3-11(13(12)16)5-8-15-9-6-14-7-10-15/h2-4,14,16H,5-10H2,1H3. The fourth-order valence-electron chi connectivity index (χ4n) is 2.15. The number of para-hydroxylation sites is 1. The Morgan fingerprint density at radius 3 is 2.82 bits per heavy atom. The average Bonchev–Trinajstić information content (AvgIpc) is 2.39. The number of nitrogens with zero attached hydrogens (tertiary/aromatic N) is 1. The molecule has 0 saturated carbocycles. The monoisotopic (exact) mass is 236 g/mol. The molecule has 4 heteroatoms. The Hall–Kier alpha value is -1.26. The second-order valence-electron chi connectivity index (χ2n) is 4.31. The summed E-state index contributed by atoms with van der Waals surface area (Å²) in [6, 6.07) is 5.66. The number of rotatable bonds is 4. The van der Waals surface area contributed by atoms with Crippen LogP contribution < -0.4 is 10.1 Å². The minimum Gasteiger partial charge on any atom is -0.504 e. The van der Waals surface area contributed by atoms with E-state index in [1.807, 2.05) is 12.1 Å². The maximum atomic E-state index is 9.96. The van der Waals surface area contributed by atoms with Gasteiger partial charge in [0.1, 0.15) is 0 Å². The lowest BCUT2D eigenvalue weighted by atomic mass is 10.1. The van der Waals surface area contributed by atoms with Gasteiger partial charge in [0.15, 0.2) is 11.5 Å². The van der Waals surface area contributed by atoms with Gasteiger partial charge in [-0.25, -0.2) is 0 Å². The Kier molecular flexibility index (Phi) is 4.23. The van der Waals surface area contributed by atoms with Gasteiger partial charge in [-0.2, -0.15) is 0 Å². The van der Waals surface area contributed by atoms with E-state index in [4.69, 9.17) is 4.74 Å². The molecule has 0 radical (unpaired) electrons. The number of phenolic OH excluding ortho intramolecular Hbond substituents is 1. The first kappa shape index (κ1) is 12.2. The summed E-state index contributed by atoms with van der Waals surface area (Å²) >= 11 is 0. The van der Waals surface area contributed by atoms with Crippen molar-refractivity contribution in [3.63, 3.8) is 0 Å². The molecule has 1 heterocycles. The normalized spacial score (nSPS) is 17.0. The molecule has 0 aromatic heterocycles. The summed E-state index contributed by atoms with van der Waals surface area (Å²) < 4.78 is 5.10. The van der Waals surface area contributed by atoms with Crippen LogP contribution >= 0.6 is 0 Å². The van der Waals surface area contributed by atoms with E-state index in [1.165, 1.54) is 0 Å². The van der Waals surface area contributed by atoms with Crippen LogP contribution in [0, 0.1) is 0 Å². The highest BCUT2D eigenvalue weighted by Gasteiger charge is 2.11. The van der Waals surface area contributed by atoms with Crippen LogP contribution in [0.1, 0.15) is 5.56 Å². The van der Waals surface area contributed by atoms with E-state index in [9.17, 15) is 5.11 Å². The lowest BCUT2D eigenvalue weighted by Crippen LogP contribution is -2.44. The van der Waals surface area contributed by atoms with Gasteiger partial charge in [0.2, 0.25) is 0 Å². The largest absolute Gasteiger partial charge is 0.504 e. The lowest BCUT2D eigenvalue weighted by Gasteiger charge is -2.27. The third kappa shape index (κ3) is 3.11. The topological polar surface area (TPSA) is 44.7 Å². The third-order valence-electron chi connectivity index (χ3n) is 3.21. The zero-order valence-electron chi connectivity index (χ0n) is 10.3. The minimum absolute atomic E-state index is 0.283. The first-order valence-electron chi connectivity index (χ1n) is 6.09. The molecule has 1 aromatic carbocycles. The smallest absolute Gasteiger partial charge is 0.160 e. The number of phenols is 1. The van der Waals surface area contributed by atoms with Crippen LogP contribution in [0.25, 0.3) is 0 Å². The minimum atomic E-state index is 0.283. The SMILES string of the molecule is COc1cccc(CCN2CCNCC2)c1O. The summed E-state index contributed by atoms with van der Waals surface area (Å²) in [6.07, 6.45) is 0.864.